The van der Waals surface area contributed by atoms with Crippen molar-refractivity contribution in [2.45, 2.75) is 38.5 Å². The van der Waals surface area contributed by atoms with Gasteiger partial charge in [0.25, 0.3) is 0 Å². The zero-order chi connectivity index (χ0) is 17.2. The highest BCUT2D eigenvalue weighted by Gasteiger charge is 2.23. The molecule has 1 unspecified atom stereocenters. The van der Waals surface area contributed by atoms with E-state index >= 15 is 0 Å². The van der Waals surface area contributed by atoms with Crippen LogP contribution >= 0.6 is 11.6 Å². The summed E-state index contributed by atoms with van der Waals surface area (Å²) >= 11 is 5.81. The molecular formula is C19H21ClFNO. The van der Waals surface area contributed by atoms with Crippen molar-refractivity contribution in [2.75, 3.05) is 0 Å². The second-order valence-electron chi connectivity index (χ2n) is 6.75. The Morgan fingerprint density at radius 3 is 2.30 bits per heavy atom. The second kappa shape index (κ2) is 6.71. The first kappa shape index (κ1) is 17.5. The third-order valence-corrected chi connectivity index (χ3v) is 4.25. The summed E-state index contributed by atoms with van der Waals surface area (Å²) in [6.45, 7) is 6.40. The molecule has 0 heterocycles. The van der Waals surface area contributed by atoms with Gasteiger partial charge in [-0.25, -0.2) is 4.39 Å². The van der Waals surface area contributed by atoms with E-state index in [2.05, 4.69) is 20.8 Å². The van der Waals surface area contributed by atoms with Gasteiger partial charge in [0.05, 0.1) is 10.9 Å². The van der Waals surface area contributed by atoms with Crippen LogP contribution in [0.2, 0.25) is 5.02 Å². The summed E-state index contributed by atoms with van der Waals surface area (Å²) in [4.78, 5) is 11.8. The number of halogens is 2. The normalized spacial score (nSPS) is 12.9. The zero-order valence-corrected chi connectivity index (χ0v) is 14.3. The minimum absolute atomic E-state index is 0.00293. The maximum atomic E-state index is 14.2. The molecule has 2 nitrogen and oxygen atoms in total. The summed E-state index contributed by atoms with van der Waals surface area (Å²) in [5.74, 6) is -1.88. The van der Waals surface area contributed by atoms with Crippen LogP contribution in [0.15, 0.2) is 42.5 Å². The van der Waals surface area contributed by atoms with Gasteiger partial charge in [-0.05, 0) is 29.0 Å². The Morgan fingerprint density at radius 1 is 1.17 bits per heavy atom. The lowest BCUT2D eigenvalue weighted by atomic mass is 9.85. The van der Waals surface area contributed by atoms with E-state index in [1.807, 2.05) is 24.3 Å². The van der Waals surface area contributed by atoms with Crippen LogP contribution in [0, 0.1) is 5.82 Å². The van der Waals surface area contributed by atoms with Crippen LogP contribution in [-0.4, -0.2) is 5.91 Å². The third-order valence-electron chi connectivity index (χ3n) is 3.96. The van der Waals surface area contributed by atoms with E-state index in [0.717, 1.165) is 5.56 Å². The number of hydrogen-bond donors (Lipinski definition) is 1. The van der Waals surface area contributed by atoms with Crippen LogP contribution in [0.4, 0.5) is 4.39 Å². The number of rotatable bonds is 4. The number of carbonyl (C=O) groups is 1. The van der Waals surface area contributed by atoms with Crippen molar-refractivity contribution < 1.29 is 9.18 Å². The summed E-state index contributed by atoms with van der Waals surface area (Å²) in [7, 11) is 0. The lowest BCUT2D eigenvalue weighted by Gasteiger charge is -2.20. The van der Waals surface area contributed by atoms with Gasteiger partial charge < -0.3 is 5.73 Å². The highest BCUT2D eigenvalue weighted by molar-refractivity contribution is 6.30. The zero-order valence-electron chi connectivity index (χ0n) is 13.6. The highest BCUT2D eigenvalue weighted by atomic mass is 35.5. The number of amides is 1. The van der Waals surface area contributed by atoms with Crippen LogP contribution in [0.5, 0.6) is 0 Å². The molecule has 1 atom stereocenters. The van der Waals surface area contributed by atoms with Gasteiger partial charge in [0, 0.05) is 5.56 Å². The van der Waals surface area contributed by atoms with Crippen LogP contribution < -0.4 is 5.73 Å². The van der Waals surface area contributed by atoms with Crippen molar-refractivity contribution in [3.63, 3.8) is 0 Å². The van der Waals surface area contributed by atoms with Crippen LogP contribution in [0.1, 0.15) is 43.4 Å². The molecule has 0 saturated heterocycles. The summed E-state index contributed by atoms with van der Waals surface area (Å²) in [6, 6.07) is 12.6. The van der Waals surface area contributed by atoms with E-state index in [1.54, 1.807) is 12.1 Å². The Kier molecular flexibility index (Phi) is 5.10. The van der Waals surface area contributed by atoms with Crippen molar-refractivity contribution >= 4 is 17.5 Å². The Morgan fingerprint density at radius 2 is 1.78 bits per heavy atom. The minimum Gasteiger partial charge on any atom is -0.369 e. The quantitative estimate of drug-likeness (QED) is 0.873. The standard InChI is InChI=1S/C19H21ClFNO/c1-19(2,3)13-9-7-12(8-10-13)11-15(18(22)23)14-5-4-6-16(20)17(14)21/h4-10,15H,11H2,1-3H3,(H2,22,23). The second-order valence-corrected chi connectivity index (χ2v) is 7.16. The Labute approximate surface area is 141 Å². The van der Waals surface area contributed by atoms with E-state index in [9.17, 15) is 9.18 Å². The molecule has 0 aliphatic rings. The monoisotopic (exact) mass is 333 g/mol. The highest BCUT2D eigenvalue weighted by Crippen LogP contribution is 2.28. The SMILES string of the molecule is CC(C)(C)c1ccc(CC(C(N)=O)c2cccc(Cl)c2F)cc1. The first-order valence-electron chi connectivity index (χ1n) is 7.53. The maximum absolute atomic E-state index is 14.2. The van der Waals surface area contributed by atoms with Crippen LogP contribution in [0.25, 0.3) is 0 Å². The number of benzene rings is 2. The maximum Gasteiger partial charge on any atom is 0.225 e. The van der Waals surface area contributed by atoms with Crippen molar-refractivity contribution in [3.05, 3.63) is 70.0 Å². The molecule has 0 aliphatic carbocycles. The predicted molar refractivity (Wildman–Crippen MR) is 92.2 cm³/mol. The Hall–Kier alpha value is -1.87. The molecule has 0 fully saturated rings. The largest absolute Gasteiger partial charge is 0.369 e. The van der Waals surface area contributed by atoms with E-state index in [4.69, 9.17) is 17.3 Å². The fraction of sp³-hybridized carbons (Fsp3) is 0.316. The summed E-state index contributed by atoms with van der Waals surface area (Å²) < 4.78 is 14.2. The molecule has 1 amide bonds. The van der Waals surface area contributed by atoms with Crippen molar-refractivity contribution in [3.8, 4) is 0 Å². The molecule has 0 aliphatic heterocycles. The van der Waals surface area contributed by atoms with E-state index in [0.29, 0.717) is 6.42 Å². The number of primary amides is 1. The van der Waals surface area contributed by atoms with Gasteiger partial charge in [-0.15, -0.1) is 0 Å². The molecule has 122 valence electrons. The molecule has 0 saturated carbocycles. The lowest BCUT2D eigenvalue weighted by Crippen LogP contribution is -2.24. The van der Waals surface area contributed by atoms with Crippen molar-refractivity contribution in [1.29, 1.82) is 0 Å². The van der Waals surface area contributed by atoms with Crippen molar-refractivity contribution in [2.24, 2.45) is 5.73 Å². The molecule has 0 radical (unpaired) electrons. The van der Waals surface area contributed by atoms with Crippen LogP contribution in [-0.2, 0) is 16.6 Å². The van der Waals surface area contributed by atoms with Crippen molar-refractivity contribution in [1.82, 2.24) is 0 Å². The number of carbonyl (C=O) groups excluding carboxylic acids is 1. The molecule has 2 rings (SSSR count). The smallest absolute Gasteiger partial charge is 0.225 e. The van der Waals surface area contributed by atoms with Gasteiger partial charge in [-0.1, -0.05) is 68.8 Å². The molecule has 23 heavy (non-hydrogen) atoms. The third kappa shape index (κ3) is 4.11. The topological polar surface area (TPSA) is 43.1 Å². The van der Waals surface area contributed by atoms with Gasteiger partial charge in [0.15, 0.2) is 0 Å². The Balaban J connectivity index is 2.30. The van der Waals surface area contributed by atoms with Crippen LogP contribution in [0.3, 0.4) is 0 Å². The van der Waals surface area contributed by atoms with Gasteiger partial charge in [0.2, 0.25) is 5.91 Å². The Bertz CT molecular complexity index is 704. The number of hydrogen-bond acceptors (Lipinski definition) is 1. The summed E-state index contributed by atoms with van der Waals surface area (Å²) in [5.41, 5.74) is 7.91. The summed E-state index contributed by atoms with van der Waals surface area (Å²) in [5, 5.41) is -0.00293. The number of nitrogens with two attached hydrogens (primary N) is 1. The van der Waals surface area contributed by atoms with Gasteiger partial charge in [-0.2, -0.15) is 0 Å². The molecule has 0 aromatic heterocycles. The minimum atomic E-state index is -0.741. The fourth-order valence-corrected chi connectivity index (χ4v) is 2.71. The first-order chi connectivity index (χ1) is 10.7. The lowest BCUT2D eigenvalue weighted by molar-refractivity contribution is -0.119. The average Bonchev–Trinajstić information content (AvgIpc) is 2.47. The van der Waals surface area contributed by atoms with E-state index < -0.39 is 17.6 Å². The van der Waals surface area contributed by atoms with Gasteiger partial charge in [0.1, 0.15) is 5.82 Å². The predicted octanol–water partition coefficient (Wildman–Crippen LogP) is 4.59. The molecule has 0 bridgehead atoms. The molecule has 0 spiro atoms. The molecular weight excluding hydrogens is 313 g/mol. The average molecular weight is 334 g/mol. The van der Waals surface area contributed by atoms with E-state index in [-0.39, 0.29) is 16.0 Å². The fourth-order valence-electron chi connectivity index (χ4n) is 2.53. The molecule has 4 heteroatoms. The van der Waals surface area contributed by atoms with Gasteiger partial charge >= 0.3 is 0 Å². The molecule has 2 aromatic rings. The van der Waals surface area contributed by atoms with E-state index in [1.165, 1.54) is 11.6 Å². The molecule has 2 N–H and O–H groups in total. The summed E-state index contributed by atoms with van der Waals surface area (Å²) in [6.07, 6.45) is 0.344. The molecule has 2 aromatic carbocycles. The first-order valence-corrected chi connectivity index (χ1v) is 7.90. The van der Waals surface area contributed by atoms with Gasteiger partial charge in [-0.3, -0.25) is 4.79 Å².